The smallest absolute Gasteiger partial charge is 0.246 e. The maximum absolute atomic E-state index is 13.2. The summed E-state index contributed by atoms with van der Waals surface area (Å²) in [5.41, 5.74) is -0.746. The first-order valence-electron chi connectivity index (χ1n) is 8.83. The first kappa shape index (κ1) is 21.1. The first-order valence-corrected chi connectivity index (χ1v) is 10.3. The predicted octanol–water partition coefficient (Wildman–Crippen LogP) is 1.13. The SMILES string of the molecule is Cc1noc(C)c1S(=O)(=O)NC1(C(=O)N2CCCNCC2)CCCC1.Cl. The molecule has 1 amide bonds. The Balaban J connectivity index is 0.00000243. The summed E-state index contributed by atoms with van der Waals surface area (Å²) in [6.45, 7) is 6.03. The van der Waals surface area contributed by atoms with Crippen LogP contribution in [0.3, 0.4) is 0 Å². The highest BCUT2D eigenvalue weighted by Crippen LogP contribution is 2.34. The van der Waals surface area contributed by atoms with Crippen LogP contribution in [0.1, 0.15) is 43.6 Å². The maximum Gasteiger partial charge on any atom is 0.246 e. The fourth-order valence-electron chi connectivity index (χ4n) is 3.86. The lowest BCUT2D eigenvalue weighted by molar-refractivity contribution is -0.137. The van der Waals surface area contributed by atoms with Crippen LogP contribution < -0.4 is 10.0 Å². The number of aromatic nitrogens is 1. The topological polar surface area (TPSA) is 105 Å². The lowest BCUT2D eigenvalue weighted by atomic mass is 9.97. The molecule has 1 aliphatic carbocycles. The number of carbonyl (C=O) groups is 1. The molecule has 26 heavy (non-hydrogen) atoms. The summed E-state index contributed by atoms with van der Waals surface area (Å²) >= 11 is 0. The van der Waals surface area contributed by atoms with Crippen molar-refractivity contribution in [2.24, 2.45) is 0 Å². The molecule has 1 aromatic heterocycles. The molecule has 0 aromatic carbocycles. The van der Waals surface area contributed by atoms with E-state index in [0.29, 0.717) is 31.6 Å². The largest absolute Gasteiger partial charge is 0.360 e. The molecule has 8 nitrogen and oxygen atoms in total. The van der Waals surface area contributed by atoms with Gasteiger partial charge in [-0.3, -0.25) is 4.79 Å². The molecule has 0 radical (unpaired) electrons. The standard InChI is InChI=1S/C16H26N4O4S.ClH/c1-12-14(13(2)24-18-12)25(22,23)19-16(6-3-4-7-16)15(21)20-10-5-8-17-9-11-20;/h17,19H,3-11H2,1-2H3;1H. The predicted molar refractivity (Wildman–Crippen MR) is 98.8 cm³/mol. The Morgan fingerprint density at radius 2 is 1.88 bits per heavy atom. The number of sulfonamides is 1. The van der Waals surface area contributed by atoms with Gasteiger partial charge in [-0.2, -0.15) is 4.72 Å². The van der Waals surface area contributed by atoms with Crippen molar-refractivity contribution in [3.63, 3.8) is 0 Å². The van der Waals surface area contributed by atoms with E-state index in [-0.39, 0.29) is 29.0 Å². The van der Waals surface area contributed by atoms with Gasteiger partial charge in [0.1, 0.15) is 16.1 Å². The minimum atomic E-state index is -3.88. The van der Waals surface area contributed by atoms with Crippen LogP contribution in [-0.4, -0.2) is 56.1 Å². The highest BCUT2D eigenvalue weighted by molar-refractivity contribution is 7.89. The second-order valence-electron chi connectivity index (χ2n) is 6.94. The van der Waals surface area contributed by atoms with Gasteiger partial charge in [0, 0.05) is 19.6 Å². The van der Waals surface area contributed by atoms with E-state index in [1.165, 1.54) is 0 Å². The minimum Gasteiger partial charge on any atom is -0.360 e. The van der Waals surface area contributed by atoms with E-state index in [0.717, 1.165) is 32.4 Å². The number of rotatable bonds is 4. The van der Waals surface area contributed by atoms with Crippen molar-refractivity contribution in [1.29, 1.82) is 0 Å². The second-order valence-corrected chi connectivity index (χ2v) is 8.56. The molecule has 3 rings (SSSR count). The van der Waals surface area contributed by atoms with Crippen LogP contribution in [0.2, 0.25) is 0 Å². The number of carbonyl (C=O) groups excluding carboxylic acids is 1. The molecule has 0 atom stereocenters. The van der Waals surface area contributed by atoms with Crippen LogP contribution in [0, 0.1) is 13.8 Å². The summed E-state index contributed by atoms with van der Waals surface area (Å²) in [5.74, 6) is 0.133. The van der Waals surface area contributed by atoms with Gasteiger partial charge in [-0.1, -0.05) is 18.0 Å². The average Bonchev–Trinajstić information content (AvgIpc) is 3.04. The van der Waals surface area contributed by atoms with Crippen LogP contribution in [-0.2, 0) is 14.8 Å². The zero-order valence-corrected chi connectivity index (χ0v) is 16.8. The molecule has 2 aliphatic rings. The van der Waals surface area contributed by atoms with E-state index in [1.807, 2.05) is 0 Å². The number of hydrogen-bond acceptors (Lipinski definition) is 6. The number of halogens is 1. The number of nitrogens with zero attached hydrogens (tertiary/aromatic N) is 2. The van der Waals surface area contributed by atoms with E-state index in [9.17, 15) is 13.2 Å². The van der Waals surface area contributed by atoms with Gasteiger partial charge in [0.15, 0.2) is 5.76 Å². The fraction of sp³-hybridized carbons (Fsp3) is 0.750. The lowest BCUT2D eigenvalue weighted by Gasteiger charge is -2.34. The van der Waals surface area contributed by atoms with Crippen molar-refractivity contribution in [3.05, 3.63) is 11.5 Å². The van der Waals surface area contributed by atoms with Gasteiger partial charge in [-0.05, 0) is 39.7 Å². The number of amides is 1. The molecule has 2 N–H and O–H groups in total. The summed E-state index contributed by atoms with van der Waals surface area (Å²) < 4.78 is 33.6. The van der Waals surface area contributed by atoms with Crippen molar-refractivity contribution >= 4 is 28.3 Å². The number of hydrogen-bond donors (Lipinski definition) is 2. The Hall–Kier alpha value is -1.16. The molecule has 1 saturated heterocycles. The van der Waals surface area contributed by atoms with Crippen LogP contribution in [0.5, 0.6) is 0 Å². The molecule has 1 aromatic rings. The van der Waals surface area contributed by atoms with Crippen LogP contribution in [0.25, 0.3) is 0 Å². The summed E-state index contributed by atoms with van der Waals surface area (Å²) in [7, 11) is -3.88. The van der Waals surface area contributed by atoms with Gasteiger partial charge in [0.25, 0.3) is 0 Å². The minimum absolute atomic E-state index is 0. The normalized spacial score (nSPS) is 20.5. The molecule has 0 spiro atoms. The lowest BCUT2D eigenvalue weighted by Crippen LogP contribution is -2.58. The highest BCUT2D eigenvalue weighted by atomic mass is 35.5. The summed E-state index contributed by atoms with van der Waals surface area (Å²) in [4.78, 5) is 15.1. The van der Waals surface area contributed by atoms with Crippen molar-refractivity contribution < 1.29 is 17.7 Å². The summed E-state index contributed by atoms with van der Waals surface area (Å²) in [6, 6.07) is 0. The molecule has 148 valence electrons. The van der Waals surface area contributed by atoms with Crippen LogP contribution in [0.15, 0.2) is 9.42 Å². The molecule has 0 unspecified atom stereocenters. The Kier molecular flexibility index (Phi) is 6.70. The van der Waals surface area contributed by atoms with E-state index >= 15 is 0 Å². The molecular formula is C16H27ClN4O4S. The van der Waals surface area contributed by atoms with E-state index in [1.54, 1.807) is 18.7 Å². The van der Waals surface area contributed by atoms with Gasteiger partial charge in [-0.25, -0.2) is 8.42 Å². The molecular weight excluding hydrogens is 380 g/mol. The van der Waals surface area contributed by atoms with Gasteiger partial charge >= 0.3 is 0 Å². The summed E-state index contributed by atoms with van der Waals surface area (Å²) in [5, 5.41) is 7.00. The van der Waals surface area contributed by atoms with E-state index in [4.69, 9.17) is 4.52 Å². The van der Waals surface area contributed by atoms with Crippen molar-refractivity contribution in [2.45, 2.75) is 56.4 Å². The second kappa shape index (κ2) is 8.24. The number of aryl methyl sites for hydroxylation is 2. The Labute approximate surface area is 160 Å². The molecule has 2 heterocycles. The third-order valence-corrected chi connectivity index (χ3v) is 6.84. The highest BCUT2D eigenvalue weighted by Gasteiger charge is 2.47. The first-order chi connectivity index (χ1) is 11.9. The fourth-order valence-corrected chi connectivity index (χ4v) is 5.61. The van der Waals surface area contributed by atoms with Crippen LogP contribution >= 0.6 is 12.4 Å². The van der Waals surface area contributed by atoms with Crippen LogP contribution in [0.4, 0.5) is 0 Å². The quantitative estimate of drug-likeness (QED) is 0.776. The molecule has 1 aliphatic heterocycles. The van der Waals surface area contributed by atoms with Gasteiger partial charge in [0.05, 0.1) is 0 Å². The Morgan fingerprint density at radius 1 is 1.19 bits per heavy atom. The monoisotopic (exact) mass is 406 g/mol. The van der Waals surface area contributed by atoms with Gasteiger partial charge in [-0.15, -0.1) is 12.4 Å². The zero-order chi connectivity index (χ0) is 18.1. The van der Waals surface area contributed by atoms with E-state index < -0.39 is 15.6 Å². The molecule has 2 fully saturated rings. The van der Waals surface area contributed by atoms with Gasteiger partial charge < -0.3 is 14.7 Å². The van der Waals surface area contributed by atoms with Crippen molar-refractivity contribution in [1.82, 2.24) is 20.1 Å². The molecule has 0 bridgehead atoms. The third-order valence-electron chi connectivity index (χ3n) is 5.06. The zero-order valence-electron chi connectivity index (χ0n) is 15.2. The van der Waals surface area contributed by atoms with Crippen molar-refractivity contribution in [3.8, 4) is 0 Å². The Bertz CT molecular complexity index is 716. The molecule has 10 heteroatoms. The third kappa shape index (κ3) is 4.05. The maximum atomic E-state index is 13.2. The van der Waals surface area contributed by atoms with E-state index in [2.05, 4.69) is 15.2 Å². The Morgan fingerprint density at radius 3 is 2.50 bits per heavy atom. The molecule has 1 saturated carbocycles. The number of nitrogens with one attached hydrogen (secondary N) is 2. The summed E-state index contributed by atoms with van der Waals surface area (Å²) in [6.07, 6.45) is 3.60. The van der Waals surface area contributed by atoms with Crippen molar-refractivity contribution in [2.75, 3.05) is 26.2 Å². The van der Waals surface area contributed by atoms with Gasteiger partial charge in [0.2, 0.25) is 15.9 Å². The average molecular weight is 407 g/mol.